The van der Waals surface area contributed by atoms with Crippen LogP contribution in [0.4, 0.5) is 4.79 Å². The van der Waals surface area contributed by atoms with Crippen molar-refractivity contribution in [3.8, 4) is 0 Å². The molecular weight excluding hydrogens is 442 g/mol. The number of benzene rings is 2. The van der Waals surface area contributed by atoms with Crippen LogP contribution >= 0.6 is 0 Å². The van der Waals surface area contributed by atoms with Crippen molar-refractivity contribution in [3.05, 3.63) is 70.8 Å². The van der Waals surface area contributed by atoms with Crippen molar-refractivity contribution in [3.63, 3.8) is 0 Å². The van der Waals surface area contributed by atoms with Gasteiger partial charge in [-0.05, 0) is 68.9 Å². The van der Waals surface area contributed by atoms with Gasteiger partial charge >= 0.3 is 6.09 Å². The molecule has 2 aliphatic heterocycles. The van der Waals surface area contributed by atoms with Crippen molar-refractivity contribution < 1.29 is 19.4 Å². The lowest BCUT2D eigenvalue weighted by molar-refractivity contribution is 0.0224. The molecule has 0 spiro atoms. The molecule has 2 atom stereocenters. The molecule has 2 aromatic rings. The molecule has 35 heavy (non-hydrogen) atoms. The predicted molar refractivity (Wildman–Crippen MR) is 135 cm³/mol. The molecule has 7 heteroatoms. The van der Waals surface area contributed by atoms with E-state index in [4.69, 9.17) is 4.74 Å². The van der Waals surface area contributed by atoms with Gasteiger partial charge in [-0.15, -0.1) is 0 Å². The van der Waals surface area contributed by atoms with Crippen LogP contribution in [0.15, 0.2) is 48.5 Å². The van der Waals surface area contributed by atoms with Crippen LogP contribution in [-0.4, -0.2) is 64.8 Å². The highest BCUT2D eigenvalue weighted by Crippen LogP contribution is 2.33. The van der Waals surface area contributed by atoms with E-state index in [1.807, 2.05) is 45.0 Å². The third-order valence-corrected chi connectivity index (χ3v) is 6.59. The van der Waals surface area contributed by atoms with E-state index < -0.39 is 11.7 Å². The first-order chi connectivity index (χ1) is 16.7. The Balaban J connectivity index is 1.31. The van der Waals surface area contributed by atoms with Crippen LogP contribution in [-0.2, 0) is 17.7 Å². The molecule has 0 bridgehead atoms. The van der Waals surface area contributed by atoms with Gasteiger partial charge in [0.05, 0.1) is 12.1 Å². The normalized spacial score (nSPS) is 19.2. The van der Waals surface area contributed by atoms with E-state index in [-0.39, 0.29) is 24.6 Å². The molecule has 0 aliphatic carbocycles. The summed E-state index contributed by atoms with van der Waals surface area (Å²) in [7, 11) is 0. The predicted octanol–water partition coefficient (Wildman–Crippen LogP) is 3.91. The maximum Gasteiger partial charge on any atom is 0.410 e. The number of aliphatic hydroxyl groups excluding tert-OH is 1. The zero-order valence-electron chi connectivity index (χ0n) is 21.0. The van der Waals surface area contributed by atoms with E-state index in [2.05, 4.69) is 28.4 Å². The number of amides is 2. The number of hydrogen-bond donors (Lipinski definition) is 2. The number of aliphatic hydroxyl groups is 1. The maximum atomic E-state index is 12.8. The van der Waals surface area contributed by atoms with Gasteiger partial charge in [0.1, 0.15) is 5.60 Å². The van der Waals surface area contributed by atoms with E-state index in [9.17, 15) is 14.7 Å². The quantitative estimate of drug-likeness (QED) is 0.657. The van der Waals surface area contributed by atoms with E-state index in [0.29, 0.717) is 18.7 Å². The minimum absolute atomic E-state index is 0.106. The molecule has 2 aliphatic rings. The Morgan fingerprint density at radius 3 is 2.66 bits per heavy atom. The number of ether oxygens (including phenoxy) is 1. The Hall–Kier alpha value is -2.90. The van der Waals surface area contributed by atoms with Gasteiger partial charge in [-0.2, -0.15) is 0 Å². The summed E-state index contributed by atoms with van der Waals surface area (Å²) in [5, 5.41) is 13.4. The highest BCUT2D eigenvalue weighted by atomic mass is 16.6. The Kier molecular flexibility index (Phi) is 7.77. The van der Waals surface area contributed by atoms with E-state index in [1.54, 1.807) is 11.0 Å². The number of nitrogens with zero attached hydrogens (tertiary/aromatic N) is 2. The van der Waals surface area contributed by atoms with Gasteiger partial charge in [-0.1, -0.05) is 36.4 Å². The summed E-state index contributed by atoms with van der Waals surface area (Å²) in [6.45, 7) is 8.65. The van der Waals surface area contributed by atoms with Crippen LogP contribution in [0, 0.1) is 0 Å². The van der Waals surface area contributed by atoms with Gasteiger partial charge in [0.25, 0.3) is 5.91 Å². The average Bonchev–Trinajstić information content (AvgIpc) is 3.32. The molecule has 2 unspecified atom stereocenters. The van der Waals surface area contributed by atoms with Gasteiger partial charge in [0.15, 0.2) is 0 Å². The third-order valence-electron chi connectivity index (χ3n) is 6.59. The Morgan fingerprint density at radius 1 is 1.11 bits per heavy atom. The lowest BCUT2D eigenvalue weighted by atomic mass is 10.00. The fourth-order valence-corrected chi connectivity index (χ4v) is 4.92. The lowest BCUT2D eigenvalue weighted by Gasteiger charge is -2.30. The van der Waals surface area contributed by atoms with E-state index >= 15 is 0 Å². The summed E-state index contributed by atoms with van der Waals surface area (Å²) in [5.74, 6) is -0.225. The first kappa shape index (κ1) is 25.2. The summed E-state index contributed by atoms with van der Waals surface area (Å²) >= 11 is 0. The molecule has 2 amide bonds. The molecule has 1 saturated heterocycles. The zero-order valence-corrected chi connectivity index (χ0v) is 21.0. The van der Waals surface area contributed by atoms with Crippen molar-refractivity contribution in [1.29, 1.82) is 0 Å². The Bertz CT molecular complexity index is 1050. The largest absolute Gasteiger partial charge is 0.444 e. The van der Waals surface area contributed by atoms with Crippen molar-refractivity contribution in [2.75, 3.05) is 26.2 Å². The van der Waals surface area contributed by atoms with Crippen molar-refractivity contribution in [2.24, 2.45) is 0 Å². The summed E-state index contributed by atoms with van der Waals surface area (Å²) < 4.78 is 5.57. The first-order valence-electron chi connectivity index (χ1n) is 12.5. The molecule has 4 rings (SSSR count). The molecule has 0 aromatic heterocycles. The summed E-state index contributed by atoms with van der Waals surface area (Å²) in [6.07, 6.45) is 1.74. The molecule has 188 valence electrons. The van der Waals surface area contributed by atoms with Crippen LogP contribution in [0.3, 0.4) is 0 Å². The van der Waals surface area contributed by atoms with Crippen LogP contribution in [0.5, 0.6) is 0 Å². The number of fused-ring (bicyclic) bond motifs is 1. The van der Waals surface area contributed by atoms with Crippen LogP contribution < -0.4 is 5.32 Å². The lowest BCUT2D eigenvalue weighted by Crippen LogP contribution is -2.42. The van der Waals surface area contributed by atoms with Crippen LogP contribution in [0.1, 0.15) is 66.7 Å². The van der Waals surface area contributed by atoms with Gasteiger partial charge in [0.2, 0.25) is 0 Å². The fraction of sp³-hybridized carbons (Fsp3) is 0.500. The minimum atomic E-state index is -0.648. The number of carbonyl (C=O) groups excluding carboxylic acids is 2. The summed E-state index contributed by atoms with van der Waals surface area (Å²) in [4.78, 5) is 29.5. The molecule has 0 saturated carbocycles. The van der Waals surface area contributed by atoms with Crippen molar-refractivity contribution >= 4 is 12.0 Å². The first-order valence-corrected chi connectivity index (χ1v) is 12.5. The minimum Gasteiger partial charge on any atom is -0.444 e. The van der Waals surface area contributed by atoms with Crippen LogP contribution in [0.25, 0.3) is 0 Å². The smallest absolute Gasteiger partial charge is 0.410 e. The number of rotatable bonds is 6. The monoisotopic (exact) mass is 479 g/mol. The van der Waals surface area contributed by atoms with Crippen molar-refractivity contribution in [2.45, 2.75) is 64.3 Å². The van der Waals surface area contributed by atoms with E-state index in [1.165, 1.54) is 11.1 Å². The molecule has 2 N–H and O–H groups in total. The number of hydrogen-bond acceptors (Lipinski definition) is 5. The second-order valence-electron chi connectivity index (χ2n) is 10.6. The molecule has 2 aromatic carbocycles. The molecule has 1 fully saturated rings. The third kappa shape index (κ3) is 6.61. The Morgan fingerprint density at radius 2 is 1.89 bits per heavy atom. The van der Waals surface area contributed by atoms with Gasteiger partial charge in [0, 0.05) is 38.3 Å². The SMILES string of the molecule is CC(C)(C)OC(=O)N1CCCC1c1cccc(C(=O)NCC(O)CN2CCc3ccccc3C2)c1. The van der Waals surface area contributed by atoms with Crippen LogP contribution in [0.2, 0.25) is 0 Å². The summed E-state index contributed by atoms with van der Waals surface area (Å²) in [6, 6.07) is 15.7. The highest BCUT2D eigenvalue weighted by molar-refractivity contribution is 5.94. The number of nitrogens with one attached hydrogen (secondary N) is 1. The number of likely N-dealkylation sites (tertiary alicyclic amines) is 1. The topological polar surface area (TPSA) is 82.1 Å². The second kappa shape index (κ2) is 10.8. The highest BCUT2D eigenvalue weighted by Gasteiger charge is 2.33. The molecular formula is C28H37N3O4. The summed E-state index contributed by atoms with van der Waals surface area (Å²) in [5.41, 5.74) is 3.58. The maximum absolute atomic E-state index is 12.8. The second-order valence-corrected chi connectivity index (χ2v) is 10.6. The number of β-amino-alcohol motifs (C(OH)–C–C–N with tert-alkyl or cyclic N) is 1. The molecule has 7 nitrogen and oxygen atoms in total. The average molecular weight is 480 g/mol. The Labute approximate surface area is 208 Å². The van der Waals surface area contributed by atoms with Crippen molar-refractivity contribution in [1.82, 2.24) is 15.1 Å². The fourth-order valence-electron chi connectivity index (χ4n) is 4.92. The number of carbonyl (C=O) groups is 2. The van der Waals surface area contributed by atoms with Gasteiger partial charge in [-0.3, -0.25) is 9.69 Å². The molecule has 0 radical (unpaired) electrons. The van der Waals surface area contributed by atoms with Gasteiger partial charge < -0.3 is 20.1 Å². The standard InChI is InChI=1S/C28H37N3O4/c1-28(2,3)35-27(34)31-14-7-12-25(31)21-10-6-11-22(16-21)26(33)29-17-24(32)19-30-15-13-20-8-4-5-9-23(20)18-30/h4-6,8-11,16,24-25,32H,7,12-15,17-19H2,1-3H3,(H,29,33). The molecule has 2 heterocycles. The van der Waals surface area contributed by atoms with E-state index in [0.717, 1.165) is 37.9 Å². The zero-order chi connectivity index (χ0) is 25.0. The van der Waals surface area contributed by atoms with Gasteiger partial charge in [-0.25, -0.2) is 4.79 Å².